The molecule has 1 spiro atoms. The van der Waals surface area contributed by atoms with Crippen molar-refractivity contribution in [2.75, 3.05) is 11.9 Å². The lowest BCUT2D eigenvalue weighted by Gasteiger charge is -2.20. The number of rotatable bonds is 4. The van der Waals surface area contributed by atoms with Crippen LogP contribution in [0, 0.1) is 0 Å². The van der Waals surface area contributed by atoms with E-state index in [-0.39, 0.29) is 24.1 Å². The number of fused-ring (bicyclic) bond motifs is 4. The molecule has 0 saturated carbocycles. The predicted molar refractivity (Wildman–Crippen MR) is 127 cm³/mol. The Balaban J connectivity index is 1.31. The molecule has 3 N–H and O–H groups in total. The minimum absolute atomic E-state index is 0.0227. The van der Waals surface area contributed by atoms with Crippen LogP contribution in [0.5, 0.6) is 0 Å². The molecule has 1 aliphatic carbocycles. The van der Waals surface area contributed by atoms with Crippen LogP contribution in [0.15, 0.2) is 72.9 Å². The van der Waals surface area contributed by atoms with Gasteiger partial charge in [-0.2, -0.15) is 0 Å². The lowest BCUT2D eigenvalue weighted by molar-refractivity contribution is -0.120. The van der Waals surface area contributed by atoms with Crippen molar-refractivity contribution in [1.82, 2.24) is 15.3 Å². The van der Waals surface area contributed by atoms with Crippen molar-refractivity contribution in [2.24, 2.45) is 0 Å². The Morgan fingerprint density at radius 2 is 1.85 bits per heavy atom. The van der Waals surface area contributed by atoms with E-state index < -0.39 is 11.5 Å². The Labute approximate surface area is 195 Å². The van der Waals surface area contributed by atoms with Gasteiger partial charge in [0.05, 0.1) is 23.6 Å². The summed E-state index contributed by atoms with van der Waals surface area (Å²) >= 11 is 0. The Kier molecular flexibility index (Phi) is 4.67. The highest BCUT2D eigenvalue weighted by molar-refractivity contribution is 6.06. The zero-order chi connectivity index (χ0) is 23.3. The number of pyridine rings is 2. The van der Waals surface area contributed by atoms with Crippen LogP contribution in [0.2, 0.25) is 0 Å². The number of aromatic nitrogens is 2. The maximum atomic E-state index is 13.0. The van der Waals surface area contributed by atoms with E-state index in [0.717, 1.165) is 27.6 Å². The van der Waals surface area contributed by atoms with E-state index in [1.54, 1.807) is 12.3 Å². The van der Waals surface area contributed by atoms with Crippen molar-refractivity contribution in [3.05, 3.63) is 101 Å². The van der Waals surface area contributed by atoms with Crippen molar-refractivity contribution >= 4 is 28.5 Å². The third kappa shape index (κ3) is 3.16. The molecule has 2 aromatic carbocycles. The molecular formula is C27H22N4O3. The van der Waals surface area contributed by atoms with Gasteiger partial charge < -0.3 is 15.7 Å². The zero-order valence-corrected chi connectivity index (χ0v) is 18.3. The van der Waals surface area contributed by atoms with E-state index >= 15 is 0 Å². The van der Waals surface area contributed by atoms with Crippen LogP contribution < -0.4 is 10.6 Å². The molecule has 0 fully saturated rings. The van der Waals surface area contributed by atoms with Gasteiger partial charge in [-0.15, -0.1) is 0 Å². The first-order valence-corrected chi connectivity index (χ1v) is 11.2. The molecule has 7 nitrogen and oxygen atoms in total. The van der Waals surface area contributed by atoms with Crippen molar-refractivity contribution in [3.63, 3.8) is 0 Å². The lowest BCUT2D eigenvalue weighted by atomic mass is 9.79. The smallest absolute Gasteiger partial charge is 0.270 e. The molecule has 2 aromatic heterocycles. The molecule has 34 heavy (non-hydrogen) atoms. The fourth-order valence-electron chi connectivity index (χ4n) is 5.17. The van der Waals surface area contributed by atoms with Crippen LogP contribution in [-0.2, 0) is 23.1 Å². The van der Waals surface area contributed by atoms with Gasteiger partial charge in [0.25, 0.3) is 5.91 Å². The number of nitrogens with one attached hydrogen (secondary N) is 2. The summed E-state index contributed by atoms with van der Waals surface area (Å²) in [7, 11) is 0. The summed E-state index contributed by atoms with van der Waals surface area (Å²) in [4.78, 5) is 34.8. The van der Waals surface area contributed by atoms with Crippen molar-refractivity contribution < 1.29 is 14.7 Å². The Morgan fingerprint density at radius 3 is 2.65 bits per heavy atom. The molecule has 0 radical (unpaired) electrons. The molecule has 7 heteroatoms. The minimum atomic E-state index is -0.645. The monoisotopic (exact) mass is 450 g/mol. The van der Waals surface area contributed by atoms with Gasteiger partial charge >= 0.3 is 0 Å². The molecular weight excluding hydrogens is 428 g/mol. The average Bonchev–Trinajstić information content (AvgIpc) is 3.37. The molecule has 3 heterocycles. The molecule has 1 aliphatic heterocycles. The van der Waals surface area contributed by atoms with Crippen LogP contribution in [0.1, 0.15) is 38.8 Å². The largest absolute Gasteiger partial charge is 0.394 e. The maximum absolute atomic E-state index is 13.0. The number of benzene rings is 2. The summed E-state index contributed by atoms with van der Waals surface area (Å²) in [5.74, 6) is 0.265. The number of hydrogen-bond acceptors (Lipinski definition) is 5. The third-order valence-electron chi connectivity index (χ3n) is 6.91. The van der Waals surface area contributed by atoms with Gasteiger partial charge in [-0.25, -0.2) is 9.97 Å². The Bertz CT molecular complexity index is 1450. The fraction of sp³-hybridized carbons (Fsp3) is 0.185. The van der Waals surface area contributed by atoms with Crippen molar-refractivity contribution in [3.8, 4) is 0 Å². The second kappa shape index (κ2) is 7.74. The van der Waals surface area contributed by atoms with Gasteiger partial charge in [0.15, 0.2) is 0 Å². The van der Waals surface area contributed by atoms with Crippen LogP contribution in [0.3, 0.4) is 0 Å². The van der Waals surface area contributed by atoms with Crippen LogP contribution in [-0.4, -0.2) is 33.5 Å². The highest BCUT2D eigenvalue weighted by Crippen LogP contribution is 2.47. The topological polar surface area (TPSA) is 104 Å². The van der Waals surface area contributed by atoms with E-state index in [2.05, 4.69) is 26.7 Å². The van der Waals surface area contributed by atoms with Crippen LogP contribution in [0.4, 0.5) is 5.82 Å². The van der Waals surface area contributed by atoms with E-state index in [4.69, 9.17) is 0 Å². The SMILES string of the molecule is O=C(NC(CO)c1ccccc1)c1ccc2cc3c(cc2n1)CC1(C3)C(=O)Nc2ncccc21. The van der Waals surface area contributed by atoms with E-state index in [0.29, 0.717) is 24.2 Å². The number of carbonyl (C=O) groups is 2. The van der Waals surface area contributed by atoms with Crippen molar-refractivity contribution in [2.45, 2.75) is 24.3 Å². The minimum Gasteiger partial charge on any atom is -0.394 e. The zero-order valence-electron chi connectivity index (χ0n) is 18.3. The normalized spacial score (nSPS) is 19.0. The molecule has 168 valence electrons. The number of amides is 2. The second-order valence-corrected chi connectivity index (χ2v) is 8.92. The first-order chi connectivity index (χ1) is 16.6. The number of aliphatic hydroxyl groups is 1. The van der Waals surface area contributed by atoms with Gasteiger partial charge in [-0.3, -0.25) is 9.59 Å². The number of hydrogen-bond donors (Lipinski definition) is 3. The molecule has 2 amide bonds. The Hall–Kier alpha value is -4.10. The van der Waals surface area contributed by atoms with E-state index in [1.165, 1.54) is 0 Å². The van der Waals surface area contributed by atoms with Gasteiger partial charge in [0.2, 0.25) is 5.91 Å². The molecule has 0 bridgehead atoms. The highest BCUT2D eigenvalue weighted by atomic mass is 16.3. The lowest BCUT2D eigenvalue weighted by Crippen LogP contribution is -2.35. The van der Waals surface area contributed by atoms with Crippen molar-refractivity contribution in [1.29, 1.82) is 0 Å². The highest BCUT2D eigenvalue weighted by Gasteiger charge is 2.51. The average molecular weight is 450 g/mol. The third-order valence-corrected chi connectivity index (χ3v) is 6.91. The molecule has 6 rings (SSSR count). The summed E-state index contributed by atoms with van der Waals surface area (Å²) in [6, 6.07) is 20.3. The number of anilines is 1. The molecule has 2 unspecified atom stereocenters. The standard InChI is InChI=1S/C27H22N4O3/c32-15-23(16-5-2-1-3-6-16)30-25(33)21-9-8-17-11-18-13-27(14-19(18)12-22(17)29-21)20-7-4-10-28-24(20)31-26(27)34/h1-12,23,32H,13-15H2,(H,30,33)(H,28,31,34). The number of carbonyl (C=O) groups excluding carboxylic acids is 2. The van der Waals surface area contributed by atoms with Crippen LogP contribution >= 0.6 is 0 Å². The summed E-state index contributed by atoms with van der Waals surface area (Å²) < 4.78 is 0. The molecule has 4 aromatic rings. The van der Waals surface area contributed by atoms with Gasteiger partial charge in [-0.05, 0) is 53.8 Å². The summed E-state index contributed by atoms with van der Waals surface area (Å²) in [5, 5.41) is 16.5. The second-order valence-electron chi connectivity index (χ2n) is 8.92. The first-order valence-electron chi connectivity index (χ1n) is 11.2. The summed E-state index contributed by atoms with van der Waals surface area (Å²) in [6.07, 6.45) is 2.87. The van der Waals surface area contributed by atoms with Gasteiger partial charge in [0.1, 0.15) is 11.5 Å². The Morgan fingerprint density at radius 1 is 1.06 bits per heavy atom. The first kappa shape index (κ1) is 20.5. The van der Waals surface area contributed by atoms with Crippen LogP contribution in [0.25, 0.3) is 10.9 Å². The van der Waals surface area contributed by atoms with E-state index in [9.17, 15) is 14.7 Å². The molecule has 2 atom stereocenters. The van der Waals surface area contributed by atoms with Gasteiger partial charge in [0, 0.05) is 17.1 Å². The summed E-state index contributed by atoms with van der Waals surface area (Å²) in [5.41, 5.74) is 4.27. The molecule has 2 aliphatic rings. The quantitative estimate of drug-likeness (QED) is 0.443. The number of aliphatic hydroxyl groups excluding tert-OH is 1. The summed E-state index contributed by atoms with van der Waals surface area (Å²) in [6.45, 7) is -0.211. The van der Waals surface area contributed by atoms with Gasteiger partial charge in [-0.1, -0.05) is 42.5 Å². The molecule has 0 saturated heterocycles. The maximum Gasteiger partial charge on any atom is 0.270 e. The number of nitrogens with zero attached hydrogens (tertiary/aromatic N) is 2. The predicted octanol–water partition coefficient (Wildman–Crippen LogP) is 3.08. The fourth-order valence-corrected chi connectivity index (χ4v) is 5.17. The van der Waals surface area contributed by atoms with E-state index in [1.807, 2.05) is 54.6 Å².